The van der Waals surface area contributed by atoms with Gasteiger partial charge in [-0.25, -0.2) is 0 Å². The van der Waals surface area contributed by atoms with Crippen LogP contribution in [0.4, 0.5) is 0 Å². The third kappa shape index (κ3) is 6.12. The molecule has 0 rings (SSSR count). The van der Waals surface area contributed by atoms with Crippen LogP contribution in [0.25, 0.3) is 0 Å². The average Bonchev–Trinajstić information content (AvgIpc) is 2.21. The second-order valence-corrected chi connectivity index (χ2v) is 2.22. The van der Waals surface area contributed by atoms with Crippen molar-refractivity contribution < 1.29 is 5.11 Å². The normalized spacial score (nSPS) is 11.4. The number of aliphatic hydroxyl groups is 1. The van der Waals surface area contributed by atoms with Crippen molar-refractivity contribution in [2.75, 3.05) is 7.11 Å². The van der Waals surface area contributed by atoms with Crippen LogP contribution in [-0.2, 0) is 0 Å². The van der Waals surface area contributed by atoms with Gasteiger partial charge in [-0.3, -0.25) is 0 Å². The third-order valence-electron chi connectivity index (χ3n) is 1.51. The Labute approximate surface area is 81.8 Å². The van der Waals surface area contributed by atoms with Crippen LogP contribution in [0, 0.1) is 0 Å². The molecule has 0 aliphatic carbocycles. The molecule has 0 atom stereocenters. The summed E-state index contributed by atoms with van der Waals surface area (Å²) < 4.78 is 0. The molecule has 0 aliphatic rings. The summed E-state index contributed by atoms with van der Waals surface area (Å²) in [6, 6.07) is 0. The number of hydrogen-bond acceptors (Lipinski definition) is 1. The Morgan fingerprint density at radius 1 is 1.15 bits per heavy atom. The molecule has 0 saturated heterocycles. The van der Waals surface area contributed by atoms with Gasteiger partial charge in [0.15, 0.2) is 0 Å². The summed E-state index contributed by atoms with van der Waals surface area (Å²) in [6.45, 7) is 11.6. The fourth-order valence-electron chi connectivity index (χ4n) is 0.941. The second kappa shape index (κ2) is 10.9. The lowest BCUT2D eigenvalue weighted by Gasteiger charge is -2.00. The standard InChI is InChI=1S/C11H16.CH4O/c1-5-9-11(8-4)10(6-2)7-3;1-2/h6-9H,2,4-5H2,1,3H3;2H,1H3/b10-7-,11-9-;. The molecule has 13 heavy (non-hydrogen) atoms. The molecule has 0 aromatic heterocycles. The Morgan fingerprint density at radius 2 is 1.62 bits per heavy atom. The van der Waals surface area contributed by atoms with Crippen LogP contribution >= 0.6 is 0 Å². The van der Waals surface area contributed by atoms with Crippen molar-refractivity contribution in [2.45, 2.75) is 20.3 Å². The van der Waals surface area contributed by atoms with Crippen LogP contribution in [0.3, 0.4) is 0 Å². The molecule has 1 nitrogen and oxygen atoms in total. The van der Waals surface area contributed by atoms with Crippen LogP contribution in [0.1, 0.15) is 20.3 Å². The fourth-order valence-corrected chi connectivity index (χ4v) is 0.941. The van der Waals surface area contributed by atoms with Crippen LogP contribution in [0.2, 0.25) is 0 Å². The Morgan fingerprint density at radius 3 is 1.85 bits per heavy atom. The molecule has 0 amide bonds. The second-order valence-electron chi connectivity index (χ2n) is 2.22. The van der Waals surface area contributed by atoms with Gasteiger partial charge in [-0.05, 0) is 24.5 Å². The van der Waals surface area contributed by atoms with E-state index in [2.05, 4.69) is 26.2 Å². The van der Waals surface area contributed by atoms with Gasteiger partial charge in [0.2, 0.25) is 0 Å². The number of allylic oxidation sites excluding steroid dienone is 6. The van der Waals surface area contributed by atoms with Crippen molar-refractivity contribution in [3.63, 3.8) is 0 Å². The minimum absolute atomic E-state index is 1.00. The van der Waals surface area contributed by atoms with Gasteiger partial charge in [0, 0.05) is 7.11 Å². The van der Waals surface area contributed by atoms with Gasteiger partial charge in [-0.2, -0.15) is 0 Å². The van der Waals surface area contributed by atoms with E-state index in [9.17, 15) is 0 Å². The van der Waals surface area contributed by atoms with E-state index in [1.54, 1.807) is 0 Å². The molecule has 0 aromatic rings. The summed E-state index contributed by atoms with van der Waals surface area (Å²) in [5.74, 6) is 0. The summed E-state index contributed by atoms with van der Waals surface area (Å²) in [5, 5.41) is 7.00. The minimum atomic E-state index is 1.00. The van der Waals surface area contributed by atoms with E-state index < -0.39 is 0 Å². The Hall–Kier alpha value is -1.08. The average molecular weight is 180 g/mol. The van der Waals surface area contributed by atoms with E-state index in [1.165, 1.54) is 5.57 Å². The van der Waals surface area contributed by atoms with Gasteiger partial charge in [-0.15, -0.1) is 0 Å². The molecule has 74 valence electrons. The number of hydrogen-bond donors (Lipinski definition) is 1. The highest BCUT2D eigenvalue weighted by atomic mass is 16.2. The zero-order chi connectivity index (χ0) is 10.7. The maximum Gasteiger partial charge on any atom is 0.0319 e. The Balaban J connectivity index is 0. The van der Waals surface area contributed by atoms with E-state index in [0.29, 0.717) is 0 Å². The predicted octanol–water partition coefficient (Wildman–Crippen LogP) is 3.25. The quantitative estimate of drug-likeness (QED) is 0.658. The molecule has 0 heterocycles. The lowest BCUT2D eigenvalue weighted by Crippen LogP contribution is -1.80. The lowest BCUT2D eigenvalue weighted by molar-refractivity contribution is 0.399. The predicted molar refractivity (Wildman–Crippen MR) is 60.7 cm³/mol. The highest BCUT2D eigenvalue weighted by molar-refractivity contribution is 5.44. The maximum absolute atomic E-state index is 7.00. The first-order valence-corrected chi connectivity index (χ1v) is 4.36. The highest BCUT2D eigenvalue weighted by Gasteiger charge is 1.92. The van der Waals surface area contributed by atoms with Gasteiger partial charge in [0.05, 0.1) is 0 Å². The van der Waals surface area contributed by atoms with E-state index in [0.717, 1.165) is 19.1 Å². The molecule has 0 aliphatic heterocycles. The first kappa shape index (κ1) is 14.4. The molecule has 1 heteroatoms. The van der Waals surface area contributed by atoms with Gasteiger partial charge >= 0.3 is 0 Å². The molecule has 0 spiro atoms. The number of aliphatic hydroxyl groups excluding tert-OH is 1. The monoisotopic (exact) mass is 180 g/mol. The van der Waals surface area contributed by atoms with Gasteiger partial charge in [0.25, 0.3) is 0 Å². The Kier molecular flexibility index (Phi) is 12.1. The SMILES string of the molecule is C=CC(=C/C)/C(C=C)=C\CC.CO. The minimum Gasteiger partial charge on any atom is -0.400 e. The molecule has 0 fully saturated rings. The molecule has 1 N–H and O–H groups in total. The topological polar surface area (TPSA) is 20.2 Å². The van der Waals surface area contributed by atoms with Crippen LogP contribution < -0.4 is 0 Å². The van der Waals surface area contributed by atoms with E-state index in [-0.39, 0.29) is 0 Å². The summed E-state index contributed by atoms with van der Waals surface area (Å²) >= 11 is 0. The maximum atomic E-state index is 7.00. The van der Waals surface area contributed by atoms with Crippen molar-refractivity contribution in [3.05, 3.63) is 48.6 Å². The van der Waals surface area contributed by atoms with Crippen molar-refractivity contribution in [2.24, 2.45) is 0 Å². The first-order chi connectivity index (χ1) is 6.29. The smallest absolute Gasteiger partial charge is 0.0319 e. The summed E-state index contributed by atoms with van der Waals surface area (Å²) in [6.07, 6.45) is 8.93. The third-order valence-corrected chi connectivity index (χ3v) is 1.51. The molecule has 0 bridgehead atoms. The first-order valence-electron chi connectivity index (χ1n) is 4.36. The van der Waals surface area contributed by atoms with E-state index >= 15 is 0 Å². The largest absolute Gasteiger partial charge is 0.400 e. The van der Waals surface area contributed by atoms with E-state index in [1.807, 2.05) is 25.2 Å². The van der Waals surface area contributed by atoms with Crippen molar-refractivity contribution in [1.82, 2.24) is 0 Å². The van der Waals surface area contributed by atoms with Crippen molar-refractivity contribution in [3.8, 4) is 0 Å². The molecule has 0 saturated carbocycles. The van der Waals surface area contributed by atoms with Gasteiger partial charge in [-0.1, -0.05) is 44.4 Å². The lowest BCUT2D eigenvalue weighted by atomic mass is 10.1. The highest BCUT2D eigenvalue weighted by Crippen LogP contribution is 2.12. The molecule has 0 unspecified atom stereocenters. The zero-order valence-corrected chi connectivity index (χ0v) is 8.88. The van der Waals surface area contributed by atoms with Crippen molar-refractivity contribution in [1.29, 1.82) is 0 Å². The molecular weight excluding hydrogens is 160 g/mol. The molecule has 0 aromatic carbocycles. The van der Waals surface area contributed by atoms with Crippen molar-refractivity contribution >= 4 is 0 Å². The zero-order valence-electron chi connectivity index (χ0n) is 8.88. The number of rotatable bonds is 4. The molecule has 0 radical (unpaired) electrons. The summed E-state index contributed by atoms with van der Waals surface area (Å²) in [4.78, 5) is 0. The van der Waals surface area contributed by atoms with Crippen LogP contribution in [0.5, 0.6) is 0 Å². The van der Waals surface area contributed by atoms with Crippen LogP contribution in [-0.4, -0.2) is 12.2 Å². The van der Waals surface area contributed by atoms with Gasteiger partial charge < -0.3 is 5.11 Å². The Bertz CT molecular complexity index is 197. The van der Waals surface area contributed by atoms with Crippen LogP contribution in [0.15, 0.2) is 48.6 Å². The summed E-state index contributed by atoms with van der Waals surface area (Å²) in [5.41, 5.74) is 2.33. The fraction of sp³-hybridized carbons (Fsp3) is 0.333. The summed E-state index contributed by atoms with van der Waals surface area (Å²) in [7, 11) is 1.00. The van der Waals surface area contributed by atoms with E-state index in [4.69, 9.17) is 5.11 Å². The van der Waals surface area contributed by atoms with Gasteiger partial charge in [0.1, 0.15) is 0 Å². The molecular formula is C12H20O.